The molecular formula is C12H15F2NO2. The van der Waals surface area contributed by atoms with E-state index in [0.29, 0.717) is 5.56 Å². The predicted molar refractivity (Wildman–Crippen MR) is 59.6 cm³/mol. The summed E-state index contributed by atoms with van der Waals surface area (Å²) in [4.78, 5) is 11.2. The molecule has 0 heterocycles. The van der Waals surface area contributed by atoms with Gasteiger partial charge >= 0.3 is 5.97 Å². The van der Waals surface area contributed by atoms with Gasteiger partial charge in [0.1, 0.15) is 0 Å². The zero-order chi connectivity index (χ0) is 12.8. The first kappa shape index (κ1) is 13.6. The molecule has 0 bridgehead atoms. The van der Waals surface area contributed by atoms with Crippen molar-refractivity contribution in [3.05, 3.63) is 35.4 Å². The summed E-state index contributed by atoms with van der Waals surface area (Å²) >= 11 is 0. The molecule has 0 aliphatic heterocycles. The highest BCUT2D eigenvalue weighted by Gasteiger charge is 2.14. The third kappa shape index (κ3) is 4.11. The summed E-state index contributed by atoms with van der Waals surface area (Å²) in [6, 6.07) is 5.14. The molecule has 17 heavy (non-hydrogen) atoms. The molecule has 0 saturated carbocycles. The van der Waals surface area contributed by atoms with Crippen molar-refractivity contribution >= 4 is 5.97 Å². The number of halogens is 2. The monoisotopic (exact) mass is 243 g/mol. The third-order valence-electron chi connectivity index (χ3n) is 2.28. The Labute approximate surface area is 98.6 Å². The standard InChI is InChI=1S/C12H15F2NO2/c1-2-17-11(16)7-10(15)8-4-3-5-9(6-8)12(13)14/h3-6,10,12H,2,7,15H2,1H3/t10-/m1/s1. The summed E-state index contributed by atoms with van der Waals surface area (Å²) in [7, 11) is 0. The van der Waals surface area contributed by atoms with E-state index in [0.717, 1.165) is 0 Å². The maximum Gasteiger partial charge on any atom is 0.307 e. The fraction of sp³-hybridized carbons (Fsp3) is 0.417. The Bertz CT molecular complexity index is 383. The summed E-state index contributed by atoms with van der Waals surface area (Å²) in [5.74, 6) is -0.428. The predicted octanol–water partition coefficient (Wildman–Crippen LogP) is 2.58. The largest absolute Gasteiger partial charge is 0.466 e. The Morgan fingerprint density at radius 3 is 2.65 bits per heavy atom. The van der Waals surface area contributed by atoms with Gasteiger partial charge in [0.25, 0.3) is 6.43 Å². The molecule has 1 atom stereocenters. The van der Waals surface area contributed by atoms with Crippen molar-refractivity contribution in [2.45, 2.75) is 25.8 Å². The lowest BCUT2D eigenvalue weighted by Gasteiger charge is -2.12. The van der Waals surface area contributed by atoms with Gasteiger partial charge in [-0.1, -0.05) is 18.2 Å². The normalized spacial score (nSPS) is 12.5. The molecule has 3 nitrogen and oxygen atoms in total. The topological polar surface area (TPSA) is 52.3 Å². The Morgan fingerprint density at radius 2 is 2.06 bits per heavy atom. The molecular weight excluding hydrogens is 228 g/mol. The maximum absolute atomic E-state index is 12.5. The van der Waals surface area contributed by atoms with E-state index in [-0.39, 0.29) is 18.6 Å². The zero-order valence-corrected chi connectivity index (χ0v) is 9.53. The van der Waals surface area contributed by atoms with Crippen LogP contribution in [0.25, 0.3) is 0 Å². The van der Waals surface area contributed by atoms with Gasteiger partial charge in [0, 0.05) is 11.6 Å². The number of benzene rings is 1. The number of rotatable bonds is 5. The average molecular weight is 243 g/mol. The molecule has 5 heteroatoms. The Balaban J connectivity index is 2.71. The van der Waals surface area contributed by atoms with Gasteiger partial charge in [0.2, 0.25) is 0 Å². The summed E-state index contributed by atoms with van der Waals surface area (Å²) in [5.41, 5.74) is 6.16. The molecule has 1 aromatic carbocycles. The molecule has 0 unspecified atom stereocenters. The molecule has 2 N–H and O–H groups in total. The molecule has 0 saturated heterocycles. The van der Waals surface area contributed by atoms with Crippen molar-refractivity contribution in [2.24, 2.45) is 5.73 Å². The third-order valence-corrected chi connectivity index (χ3v) is 2.28. The first-order chi connectivity index (χ1) is 8.04. The highest BCUT2D eigenvalue weighted by atomic mass is 19.3. The van der Waals surface area contributed by atoms with E-state index in [1.54, 1.807) is 13.0 Å². The minimum absolute atomic E-state index is 0.0134. The second-order valence-corrected chi connectivity index (χ2v) is 3.59. The van der Waals surface area contributed by atoms with Crippen LogP contribution in [0, 0.1) is 0 Å². The van der Waals surface area contributed by atoms with Crippen LogP contribution in [0.15, 0.2) is 24.3 Å². The van der Waals surface area contributed by atoms with E-state index >= 15 is 0 Å². The van der Waals surface area contributed by atoms with Crippen LogP contribution in [0.4, 0.5) is 8.78 Å². The van der Waals surface area contributed by atoms with E-state index in [1.165, 1.54) is 18.2 Å². The molecule has 0 amide bonds. The number of hydrogen-bond acceptors (Lipinski definition) is 3. The van der Waals surface area contributed by atoms with Crippen LogP contribution in [0.1, 0.15) is 36.9 Å². The smallest absolute Gasteiger partial charge is 0.307 e. The average Bonchev–Trinajstić information content (AvgIpc) is 2.29. The SMILES string of the molecule is CCOC(=O)C[C@@H](N)c1cccc(C(F)F)c1. The fourth-order valence-electron chi connectivity index (χ4n) is 1.44. The molecule has 1 rings (SSSR count). The first-order valence-electron chi connectivity index (χ1n) is 5.33. The number of alkyl halides is 2. The van der Waals surface area contributed by atoms with Crippen LogP contribution in [0.3, 0.4) is 0 Å². The van der Waals surface area contributed by atoms with Crippen molar-refractivity contribution in [2.75, 3.05) is 6.61 Å². The number of ether oxygens (including phenoxy) is 1. The number of carbonyl (C=O) groups is 1. The van der Waals surface area contributed by atoms with Gasteiger partial charge in [-0.3, -0.25) is 4.79 Å². The molecule has 1 aromatic rings. The Hall–Kier alpha value is -1.49. The van der Waals surface area contributed by atoms with Gasteiger partial charge in [0.15, 0.2) is 0 Å². The Kier molecular flexibility index (Phi) is 5.03. The summed E-state index contributed by atoms with van der Waals surface area (Å²) < 4.78 is 29.7. The lowest BCUT2D eigenvalue weighted by atomic mass is 10.0. The van der Waals surface area contributed by atoms with Crippen molar-refractivity contribution in [1.82, 2.24) is 0 Å². The van der Waals surface area contributed by atoms with Gasteiger partial charge in [-0.25, -0.2) is 8.78 Å². The summed E-state index contributed by atoms with van der Waals surface area (Å²) in [6.07, 6.45) is -2.55. The van der Waals surface area contributed by atoms with Crippen LogP contribution >= 0.6 is 0 Å². The number of nitrogens with two attached hydrogens (primary N) is 1. The van der Waals surface area contributed by atoms with E-state index in [2.05, 4.69) is 0 Å². The van der Waals surface area contributed by atoms with Crippen molar-refractivity contribution in [3.8, 4) is 0 Å². The van der Waals surface area contributed by atoms with E-state index in [1.807, 2.05) is 0 Å². The maximum atomic E-state index is 12.5. The Morgan fingerprint density at radius 1 is 1.41 bits per heavy atom. The van der Waals surface area contributed by atoms with Gasteiger partial charge < -0.3 is 10.5 Å². The number of hydrogen-bond donors (Lipinski definition) is 1. The number of esters is 1. The lowest BCUT2D eigenvalue weighted by molar-refractivity contribution is -0.143. The van der Waals surface area contributed by atoms with Gasteiger partial charge in [-0.05, 0) is 18.6 Å². The molecule has 0 aliphatic rings. The van der Waals surface area contributed by atoms with Crippen LogP contribution < -0.4 is 5.73 Å². The molecule has 0 aromatic heterocycles. The van der Waals surface area contributed by atoms with Crippen LogP contribution in [0.5, 0.6) is 0 Å². The van der Waals surface area contributed by atoms with E-state index in [4.69, 9.17) is 10.5 Å². The second-order valence-electron chi connectivity index (χ2n) is 3.59. The fourth-order valence-corrected chi connectivity index (χ4v) is 1.44. The summed E-state index contributed by atoms with van der Waals surface area (Å²) in [6.45, 7) is 1.98. The molecule has 0 fully saturated rings. The quantitative estimate of drug-likeness (QED) is 0.809. The lowest BCUT2D eigenvalue weighted by Crippen LogP contribution is -2.17. The van der Waals surface area contributed by atoms with Crippen LogP contribution in [-0.2, 0) is 9.53 Å². The van der Waals surface area contributed by atoms with Gasteiger partial charge in [-0.15, -0.1) is 0 Å². The van der Waals surface area contributed by atoms with Crippen LogP contribution in [-0.4, -0.2) is 12.6 Å². The molecule has 0 aliphatic carbocycles. The van der Waals surface area contributed by atoms with Crippen LogP contribution in [0.2, 0.25) is 0 Å². The van der Waals surface area contributed by atoms with E-state index < -0.39 is 18.4 Å². The minimum Gasteiger partial charge on any atom is -0.466 e. The molecule has 0 radical (unpaired) electrons. The summed E-state index contributed by atoms with van der Waals surface area (Å²) in [5, 5.41) is 0. The highest BCUT2D eigenvalue weighted by molar-refractivity contribution is 5.70. The zero-order valence-electron chi connectivity index (χ0n) is 9.53. The molecule has 94 valence electrons. The minimum atomic E-state index is -2.54. The van der Waals surface area contributed by atoms with Crippen molar-refractivity contribution < 1.29 is 18.3 Å². The molecule has 0 spiro atoms. The highest BCUT2D eigenvalue weighted by Crippen LogP contribution is 2.23. The van der Waals surface area contributed by atoms with Gasteiger partial charge in [-0.2, -0.15) is 0 Å². The van der Waals surface area contributed by atoms with Crippen molar-refractivity contribution in [1.29, 1.82) is 0 Å². The van der Waals surface area contributed by atoms with Gasteiger partial charge in [0.05, 0.1) is 13.0 Å². The van der Waals surface area contributed by atoms with E-state index in [9.17, 15) is 13.6 Å². The second kappa shape index (κ2) is 6.30. The van der Waals surface area contributed by atoms with Crippen molar-refractivity contribution in [3.63, 3.8) is 0 Å². The number of carbonyl (C=O) groups excluding carboxylic acids is 1. The first-order valence-corrected chi connectivity index (χ1v) is 5.33.